The molecule has 114 valence electrons. The highest BCUT2D eigenvalue weighted by Crippen LogP contribution is 2.34. The zero-order valence-electron chi connectivity index (χ0n) is 13.4. The van der Waals surface area contributed by atoms with Crippen LogP contribution in [0.5, 0.6) is 0 Å². The van der Waals surface area contributed by atoms with Gasteiger partial charge in [-0.3, -0.25) is 4.90 Å². The molecule has 0 bridgehead atoms. The molecule has 2 aromatic rings. The van der Waals surface area contributed by atoms with Crippen molar-refractivity contribution in [1.29, 1.82) is 0 Å². The van der Waals surface area contributed by atoms with Crippen LogP contribution in [0.25, 0.3) is 10.1 Å². The summed E-state index contributed by atoms with van der Waals surface area (Å²) < 4.78 is 1.43. The fourth-order valence-electron chi connectivity index (χ4n) is 3.51. The lowest BCUT2D eigenvalue weighted by atomic mass is 10.1. The minimum absolute atomic E-state index is 0.714. The molecular weight excluding hydrogens is 276 g/mol. The van der Waals surface area contributed by atoms with Crippen molar-refractivity contribution in [3.63, 3.8) is 0 Å². The first-order valence-corrected chi connectivity index (χ1v) is 8.94. The Kier molecular flexibility index (Phi) is 4.63. The van der Waals surface area contributed by atoms with E-state index in [1.54, 1.807) is 5.56 Å². The summed E-state index contributed by atoms with van der Waals surface area (Å²) in [7, 11) is 0. The van der Waals surface area contributed by atoms with Crippen molar-refractivity contribution in [3.8, 4) is 0 Å². The first-order valence-electron chi connectivity index (χ1n) is 8.13. The van der Waals surface area contributed by atoms with E-state index in [-0.39, 0.29) is 0 Å². The highest BCUT2D eigenvalue weighted by atomic mass is 32.1. The Hall–Kier alpha value is -0.900. The number of rotatable bonds is 5. The molecule has 0 saturated carbocycles. The van der Waals surface area contributed by atoms with Gasteiger partial charge in [-0.1, -0.05) is 32.0 Å². The highest BCUT2D eigenvalue weighted by molar-refractivity contribution is 7.19. The summed E-state index contributed by atoms with van der Waals surface area (Å²) >= 11 is 1.96. The third-order valence-corrected chi connectivity index (χ3v) is 5.80. The van der Waals surface area contributed by atoms with Gasteiger partial charge < -0.3 is 5.32 Å². The normalized spacial score (nSPS) is 23.2. The predicted molar refractivity (Wildman–Crippen MR) is 92.9 cm³/mol. The van der Waals surface area contributed by atoms with Crippen LogP contribution in [-0.2, 0) is 13.1 Å². The summed E-state index contributed by atoms with van der Waals surface area (Å²) in [6.07, 6.45) is 1.34. The fourth-order valence-corrected chi connectivity index (χ4v) is 4.70. The number of hydrogen-bond donors (Lipinski definition) is 1. The maximum absolute atomic E-state index is 3.50. The van der Waals surface area contributed by atoms with Gasteiger partial charge in [-0.05, 0) is 42.8 Å². The molecule has 21 heavy (non-hydrogen) atoms. The third-order valence-electron chi connectivity index (χ3n) is 4.59. The van der Waals surface area contributed by atoms with Crippen molar-refractivity contribution in [2.75, 3.05) is 13.1 Å². The summed E-state index contributed by atoms with van der Waals surface area (Å²) in [6.45, 7) is 11.3. The average Bonchev–Trinajstić information content (AvgIpc) is 2.98. The molecule has 1 aromatic carbocycles. The monoisotopic (exact) mass is 302 g/mol. The molecule has 0 amide bonds. The maximum atomic E-state index is 3.50. The molecule has 1 fully saturated rings. The predicted octanol–water partition coefficient (Wildman–Crippen LogP) is 4.24. The van der Waals surface area contributed by atoms with Crippen molar-refractivity contribution in [1.82, 2.24) is 10.2 Å². The van der Waals surface area contributed by atoms with E-state index in [4.69, 9.17) is 0 Å². The lowest BCUT2D eigenvalue weighted by molar-refractivity contribution is 0.257. The molecule has 1 aromatic heterocycles. The Morgan fingerprint density at radius 2 is 2.10 bits per heavy atom. The summed E-state index contributed by atoms with van der Waals surface area (Å²) in [5.74, 6) is 0.835. The number of nitrogens with zero attached hydrogens (tertiary/aromatic N) is 1. The second kappa shape index (κ2) is 6.47. The molecule has 1 saturated heterocycles. The summed E-state index contributed by atoms with van der Waals surface area (Å²) in [5, 5.41) is 4.96. The van der Waals surface area contributed by atoms with Crippen LogP contribution in [0.15, 0.2) is 24.3 Å². The van der Waals surface area contributed by atoms with E-state index in [0.717, 1.165) is 25.6 Å². The van der Waals surface area contributed by atoms with Gasteiger partial charge in [0.1, 0.15) is 0 Å². The van der Waals surface area contributed by atoms with Crippen LogP contribution in [0.2, 0.25) is 0 Å². The molecule has 2 atom stereocenters. The Balaban J connectivity index is 1.91. The van der Waals surface area contributed by atoms with E-state index in [2.05, 4.69) is 55.3 Å². The Morgan fingerprint density at radius 1 is 1.29 bits per heavy atom. The van der Waals surface area contributed by atoms with Gasteiger partial charge in [0, 0.05) is 35.3 Å². The summed E-state index contributed by atoms with van der Waals surface area (Å²) in [6, 6.07) is 9.59. The van der Waals surface area contributed by atoms with Gasteiger partial charge in [0.2, 0.25) is 0 Å². The van der Waals surface area contributed by atoms with Gasteiger partial charge in [0.25, 0.3) is 0 Å². The smallest absolute Gasteiger partial charge is 0.0349 e. The van der Waals surface area contributed by atoms with Crippen LogP contribution >= 0.6 is 11.3 Å². The van der Waals surface area contributed by atoms with Crippen LogP contribution in [0.4, 0.5) is 0 Å². The summed E-state index contributed by atoms with van der Waals surface area (Å²) in [4.78, 5) is 4.18. The molecule has 1 aliphatic heterocycles. The SMILES string of the molecule is CCNCc1sc2ccccc2c1CN1CC(C)CC1C. The Labute approximate surface area is 132 Å². The molecule has 1 N–H and O–H groups in total. The van der Waals surface area contributed by atoms with Crippen LogP contribution in [-0.4, -0.2) is 24.0 Å². The first kappa shape index (κ1) is 15.0. The highest BCUT2D eigenvalue weighted by Gasteiger charge is 2.27. The van der Waals surface area contributed by atoms with Gasteiger partial charge in [0.15, 0.2) is 0 Å². The van der Waals surface area contributed by atoms with Crippen molar-refractivity contribution in [2.45, 2.75) is 46.3 Å². The lowest BCUT2D eigenvalue weighted by Crippen LogP contribution is -2.27. The van der Waals surface area contributed by atoms with Crippen molar-refractivity contribution >= 4 is 21.4 Å². The van der Waals surface area contributed by atoms with Crippen molar-refractivity contribution < 1.29 is 0 Å². The minimum atomic E-state index is 0.714. The zero-order chi connectivity index (χ0) is 14.8. The first-order chi connectivity index (χ1) is 10.2. The fraction of sp³-hybridized carbons (Fsp3) is 0.556. The number of nitrogens with one attached hydrogen (secondary N) is 1. The van der Waals surface area contributed by atoms with Gasteiger partial charge in [0.05, 0.1) is 0 Å². The van der Waals surface area contributed by atoms with E-state index in [1.165, 1.54) is 27.9 Å². The molecule has 0 aliphatic carbocycles. The number of benzene rings is 1. The van der Waals surface area contributed by atoms with Gasteiger partial charge >= 0.3 is 0 Å². The second-order valence-electron chi connectivity index (χ2n) is 6.40. The topological polar surface area (TPSA) is 15.3 Å². The van der Waals surface area contributed by atoms with Crippen LogP contribution in [0.1, 0.15) is 37.6 Å². The molecule has 0 radical (unpaired) electrons. The Bertz CT molecular complexity index is 604. The molecule has 2 unspecified atom stereocenters. The zero-order valence-corrected chi connectivity index (χ0v) is 14.2. The van der Waals surface area contributed by atoms with Gasteiger partial charge in [-0.2, -0.15) is 0 Å². The molecule has 3 rings (SSSR count). The van der Waals surface area contributed by atoms with Gasteiger partial charge in [-0.25, -0.2) is 0 Å². The number of thiophene rings is 1. The average molecular weight is 302 g/mol. The molecular formula is C18H26N2S. The number of hydrogen-bond acceptors (Lipinski definition) is 3. The third kappa shape index (κ3) is 3.15. The van der Waals surface area contributed by atoms with Crippen LogP contribution in [0.3, 0.4) is 0 Å². The van der Waals surface area contributed by atoms with Crippen LogP contribution in [0, 0.1) is 5.92 Å². The van der Waals surface area contributed by atoms with Gasteiger partial charge in [-0.15, -0.1) is 11.3 Å². The standard InChI is InChI=1S/C18H26N2S/c1-4-19-10-18-16(12-20-11-13(2)9-14(20)3)15-7-5-6-8-17(15)21-18/h5-8,13-14,19H,4,9-12H2,1-3H3. The van der Waals surface area contributed by atoms with E-state index in [9.17, 15) is 0 Å². The largest absolute Gasteiger partial charge is 0.312 e. The molecule has 1 aliphatic rings. The second-order valence-corrected chi connectivity index (χ2v) is 7.54. The molecule has 0 spiro atoms. The number of fused-ring (bicyclic) bond motifs is 1. The van der Waals surface area contributed by atoms with E-state index >= 15 is 0 Å². The molecule has 2 heterocycles. The van der Waals surface area contributed by atoms with Crippen molar-refractivity contribution in [2.24, 2.45) is 5.92 Å². The maximum Gasteiger partial charge on any atom is 0.0349 e. The van der Waals surface area contributed by atoms with Crippen molar-refractivity contribution in [3.05, 3.63) is 34.7 Å². The van der Waals surface area contributed by atoms with E-state index in [1.807, 2.05) is 11.3 Å². The van der Waals surface area contributed by atoms with E-state index < -0.39 is 0 Å². The minimum Gasteiger partial charge on any atom is -0.312 e. The van der Waals surface area contributed by atoms with E-state index in [0.29, 0.717) is 6.04 Å². The summed E-state index contributed by atoms with van der Waals surface area (Å²) in [5.41, 5.74) is 1.55. The van der Waals surface area contributed by atoms with Crippen LogP contribution < -0.4 is 5.32 Å². The molecule has 2 nitrogen and oxygen atoms in total. The lowest BCUT2D eigenvalue weighted by Gasteiger charge is -2.21. The molecule has 3 heteroatoms. The number of likely N-dealkylation sites (tertiary alicyclic amines) is 1. The quantitative estimate of drug-likeness (QED) is 0.888. The Morgan fingerprint density at radius 3 is 2.81 bits per heavy atom.